The molecule has 1 aliphatic carbocycles. The van der Waals surface area contributed by atoms with Gasteiger partial charge in [0.1, 0.15) is 11.6 Å². The Morgan fingerprint density at radius 1 is 1.00 bits per heavy atom. The Morgan fingerprint density at radius 2 is 1.75 bits per heavy atom. The van der Waals surface area contributed by atoms with E-state index in [4.69, 9.17) is 4.74 Å². The lowest BCUT2D eigenvalue weighted by Crippen LogP contribution is -1.95. The van der Waals surface area contributed by atoms with Gasteiger partial charge in [0.05, 0.1) is 6.10 Å². The maximum atomic E-state index is 14.6. The normalized spacial score (nSPS) is 13.9. The van der Waals surface area contributed by atoms with Crippen LogP contribution in [-0.4, -0.2) is 6.10 Å². The molecule has 24 heavy (non-hydrogen) atoms. The molecule has 1 saturated carbocycles. The van der Waals surface area contributed by atoms with Gasteiger partial charge in [0.2, 0.25) is 0 Å². The highest BCUT2D eigenvalue weighted by Gasteiger charge is 2.23. The Hall–Kier alpha value is -2.13. The predicted octanol–water partition coefficient (Wildman–Crippen LogP) is 6.32. The summed E-state index contributed by atoms with van der Waals surface area (Å²) in [4.78, 5) is 2.27. The zero-order chi connectivity index (χ0) is 16.5. The minimum atomic E-state index is -0.171. The average molecular weight is 338 g/mol. The summed E-state index contributed by atoms with van der Waals surface area (Å²) in [6, 6.07) is 17.5. The number of halogens is 1. The van der Waals surface area contributed by atoms with Crippen molar-refractivity contribution < 1.29 is 9.13 Å². The molecular formula is C21H19FOS. The van der Waals surface area contributed by atoms with Gasteiger partial charge < -0.3 is 4.74 Å². The van der Waals surface area contributed by atoms with Crippen LogP contribution in [-0.2, 0) is 6.42 Å². The lowest BCUT2D eigenvalue weighted by molar-refractivity contribution is 0.303. The second-order valence-corrected chi connectivity index (χ2v) is 7.32. The zero-order valence-corrected chi connectivity index (χ0v) is 14.4. The van der Waals surface area contributed by atoms with Crippen molar-refractivity contribution in [1.82, 2.24) is 0 Å². The summed E-state index contributed by atoms with van der Waals surface area (Å²) in [5.74, 6) is 0.722. The van der Waals surface area contributed by atoms with Crippen LogP contribution in [0, 0.1) is 5.82 Å². The first-order valence-corrected chi connectivity index (χ1v) is 9.20. The largest absolute Gasteiger partial charge is 0.490 e. The highest BCUT2D eigenvalue weighted by atomic mass is 32.1. The van der Waals surface area contributed by atoms with E-state index in [1.807, 2.05) is 42.5 Å². The molecule has 0 atom stereocenters. The van der Waals surface area contributed by atoms with Crippen LogP contribution in [0.2, 0.25) is 0 Å². The minimum absolute atomic E-state index is 0.171. The number of hydrogen-bond acceptors (Lipinski definition) is 2. The van der Waals surface area contributed by atoms with Gasteiger partial charge in [-0.2, -0.15) is 0 Å². The molecule has 0 saturated heterocycles. The Balaban J connectivity index is 1.58. The molecule has 0 aliphatic heterocycles. The second-order valence-electron chi connectivity index (χ2n) is 6.16. The molecule has 2 aromatic carbocycles. The summed E-state index contributed by atoms with van der Waals surface area (Å²) in [5.41, 5.74) is 2.57. The third kappa shape index (κ3) is 3.22. The molecule has 1 nitrogen and oxygen atoms in total. The second kappa shape index (κ2) is 6.40. The third-order valence-corrected chi connectivity index (χ3v) is 5.52. The summed E-state index contributed by atoms with van der Waals surface area (Å²) < 4.78 is 20.3. The molecule has 0 amide bonds. The first-order chi connectivity index (χ1) is 11.7. The zero-order valence-electron chi connectivity index (χ0n) is 13.6. The quantitative estimate of drug-likeness (QED) is 0.528. The van der Waals surface area contributed by atoms with Crippen molar-refractivity contribution in [3.8, 4) is 27.3 Å². The molecule has 1 aromatic heterocycles. The lowest BCUT2D eigenvalue weighted by atomic mass is 10.0. The monoisotopic (exact) mass is 338 g/mol. The molecule has 122 valence electrons. The fourth-order valence-electron chi connectivity index (χ4n) is 2.71. The number of rotatable bonds is 5. The van der Waals surface area contributed by atoms with E-state index in [2.05, 4.69) is 13.0 Å². The summed E-state index contributed by atoms with van der Waals surface area (Å²) in [6.45, 7) is 2.12. The molecule has 1 aliphatic rings. The molecule has 1 heterocycles. The van der Waals surface area contributed by atoms with Crippen LogP contribution in [0.4, 0.5) is 4.39 Å². The van der Waals surface area contributed by atoms with Crippen molar-refractivity contribution in [1.29, 1.82) is 0 Å². The first kappa shape index (κ1) is 15.4. The van der Waals surface area contributed by atoms with Crippen LogP contribution in [0.15, 0.2) is 54.6 Å². The van der Waals surface area contributed by atoms with Crippen LogP contribution in [0.25, 0.3) is 21.6 Å². The van der Waals surface area contributed by atoms with Crippen LogP contribution in [0.3, 0.4) is 0 Å². The van der Waals surface area contributed by atoms with Gasteiger partial charge in [0.15, 0.2) is 0 Å². The van der Waals surface area contributed by atoms with E-state index in [1.165, 1.54) is 4.88 Å². The van der Waals surface area contributed by atoms with Crippen molar-refractivity contribution in [2.24, 2.45) is 0 Å². The summed E-state index contributed by atoms with van der Waals surface area (Å²) >= 11 is 1.66. The topological polar surface area (TPSA) is 9.23 Å². The van der Waals surface area contributed by atoms with Gasteiger partial charge in [-0.1, -0.05) is 25.1 Å². The van der Waals surface area contributed by atoms with Crippen LogP contribution in [0.1, 0.15) is 24.6 Å². The van der Waals surface area contributed by atoms with Crippen molar-refractivity contribution >= 4 is 11.3 Å². The van der Waals surface area contributed by atoms with Gasteiger partial charge in [0.25, 0.3) is 0 Å². The van der Waals surface area contributed by atoms with Crippen LogP contribution < -0.4 is 4.74 Å². The van der Waals surface area contributed by atoms with Gasteiger partial charge in [-0.15, -0.1) is 11.3 Å². The van der Waals surface area contributed by atoms with Crippen molar-refractivity contribution in [3.63, 3.8) is 0 Å². The molecule has 3 heteroatoms. The number of hydrogen-bond donors (Lipinski definition) is 0. The van der Waals surface area contributed by atoms with Gasteiger partial charge in [-0.25, -0.2) is 4.39 Å². The smallest absolute Gasteiger partial charge is 0.132 e. The minimum Gasteiger partial charge on any atom is -0.490 e. The van der Waals surface area contributed by atoms with Gasteiger partial charge in [-0.3, -0.25) is 0 Å². The highest BCUT2D eigenvalue weighted by Crippen LogP contribution is 2.33. The molecule has 0 radical (unpaired) electrons. The summed E-state index contributed by atoms with van der Waals surface area (Å²) in [7, 11) is 0. The first-order valence-electron chi connectivity index (χ1n) is 8.38. The van der Waals surface area contributed by atoms with E-state index in [0.29, 0.717) is 11.7 Å². The molecule has 3 aromatic rings. The highest BCUT2D eigenvalue weighted by molar-refractivity contribution is 7.15. The van der Waals surface area contributed by atoms with E-state index >= 15 is 0 Å². The Labute approximate surface area is 145 Å². The number of aryl methyl sites for hydroxylation is 1. The maximum Gasteiger partial charge on any atom is 0.132 e. The fraction of sp³-hybridized carbons (Fsp3) is 0.238. The van der Waals surface area contributed by atoms with Crippen molar-refractivity contribution in [3.05, 3.63) is 65.3 Å². The standard InChI is InChI=1S/C21H19FOS/c1-2-18-10-12-21(24-18)19-11-5-15(13-20(19)22)14-3-6-16(7-4-14)23-17-8-9-17/h3-7,10-13,17H,2,8-9H2,1H3. The molecular weight excluding hydrogens is 319 g/mol. The van der Waals surface area contributed by atoms with E-state index in [1.54, 1.807) is 17.4 Å². The molecule has 0 N–H and O–H groups in total. The predicted molar refractivity (Wildman–Crippen MR) is 98.2 cm³/mol. The molecule has 4 rings (SSSR count). The number of thiophene rings is 1. The molecule has 0 unspecified atom stereocenters. The summed E-state index contributed by atoms with van der Waals surface area (Å²) in [6.07, 6.45) is 3.68. The van der Waals surface area contributed by atoms with Gasteiger partial charge in [-0.05, 0) is 66.8 Å². The third-order valence-electron chi connectivity index (χ3n) is 4.26. The van der Waals surface area contributed by atoms with Crippen LogP contribution in [0.5, 0.6) is 5.75 Å². The molecule has 0 spiro atoms. The Morgan fingerprint density at radius 3 is 2.38 bits per heavy atom. The molecule has 1 fully saturated rings. The van der Waals surface area contributed by atoms with Crippen molar-refractivity contribution in [2.75, 3.05) is 0 Å². The number of ether oxygens (including phenoxy) is 1. The maximum absolute atomic E-state index is 14.6. The SMILES string of the molecule is CCc1ccc(-c2ccc(-c3ccc(OC4CC4)cc3)cc2F)s1. The number of benzene rings is 2. The lowest BCUT2D eigenvalue weighted by Gasteiger charge is -2.08. The van der Waals surface area contributed by atoms with E-state index in [0.717, 1.165) is 41.0 Å². The average Bonchev–Trinajstić information content (AvgIpc) is 3.29. The van der Waals surface area contributed by atoms with E-state index in [-0.39, 0.29) is 5.82 Å². The van der Waals surface area contributed by atoms with Crippen molar-refractivity contribution in [2.45, 2.75) is 32.3 Å². The van der Waals surface area contributed by atoms with Gasteiger partial charge >= 0.3 is 0 Å². The fourth-order valence-corrected chi connectivity index (χ4v) is 3.69. The Kier molecular flexibility index (Phi) is 4.11. The van der Waals surface area contributed by atoms with E-state index in [9.17, 15) is 4.39 Å². The van der Waals surface area contributed by atoms with Crippen LogP contribution >= 0.6 is 11.3 Å². The summed E-state index contributed by atoms with van der Waals surface area (Å²) in [5, 5.41) is 0. The van der Waals surface area contributed by atoms with E-state index < -0.39 is 0 Å². The Bertz CT molecular complexity index is 847. The van der Waals surface area contributed by atoms with Gasteiger partial charge in [0, 0.05) is 15.3 Å². The molecule has 0 bridgehead atoms.